The molecule has 0 spiro atoms. The van der Waals surface area contributed by atoms with Gasteiger partial charge in [0, 0.05) is 37.8 Å². The van der Waals surface area contributed by atoms with Crippen LogP contribution in [0.4, 0.5) is 5.69 Å². The standard InChI is InChI=1S/C21H19Cl2N3O2/c22-16-7-8-19(21-15(16)4-3-9-24-21)28-14-20(27)26-12-10-25(11-13-26)18-6-2-1-5-17(18)23/h1-9H,10-14H2. The van der Waals surface area contributed by atoms with Gasteiger partial charge in [0.15, 0.2) is 6.61 Å². The monoisotopic (exact) mass is 415 g/mol. The third-order valence-electron chi connectivity index (χ3n) is 4.86. The fourth-order valence-electron chi connectivity index (χ4n) is 3.36. The number of pyridine rings is 1. The Balaban J connectivity index is 1.37. The minimum absolute atomic E-state index is 0.0284. The molecule has 0 bridgehead atoms. The molecule has 0 saturated carbocycles. The Morgan fingerprint density at radius 1 is 0.964 bits per heavy atom. The number of halogens is 2. The number of fused-ring (bicyclic) bond motifs is 1. The SMILES string of the molecule is O=C(COc1ccc(Cl)c2cccnc12)N1CCN(c2ccccc2Cl)CC1. The molecule has 0 atom stereocenters. The van der Waals surface area contributed by atoms with Gasteiger partial charge in [-0.25, -0.2) is 0 Å². The van der Waals surface area contributed by atoms with Crippen molar-refractivity contribution in [3.63, 3.8) is 0 Å². The molecule has 1 aliphatic rings. The van der Waals surface area contributed by atoms with Crippen LogP contribution in [-0.2, 0) is 4.79 Å². The van der Waals surface area contributed by atoms with Crippen molar-refractivity contribution >= 4 is 45.7 Å². The summed E-state index contributed by atoms with van der Waals surface area (Å²) in [6.07, 6.45) is 1.68. The fraction of sp³-hybridized carbons (Fsp3) is 0.238. The summed E-state index contributed by atoms with van der Waals surface area (Å²) in [5.74, 6) is 0.515. The quantitative estimate of drug-likeness (QED) is 0.638. The van der Waals surface area contributed by atoms with Crippen LogP contribution in [0.3, 0.4) is 0 Å². The first kappa shape index (κ1) is 18.8. The molecule has 144 valence electrons. The van der Waals surface area contributed by atoms with Gasteiger partial charge in [0.05, 0.1) is 15.7 Å². The summed E-state index contributed by atoms with van der Waals surface area (Å²) in [6.45, 7) is 2.71. The Kier molecular flexibility index (Phi) is 5.55. The molecule has 0 radical (unpaired) electrons. The van der Waals surface area contributed by atoms with E-state index in [9.17, 15) is 4.79 Å². The largest absolute Gasteiger partial charge is 0.481 e. The molecular weight excluding hydrogens is 397 g/mol. The lowest BCUT2D eigenvalue weighted by Gasteiger charge is -2.36. The first-order valence-electron chi connectivity index (χ1n) is 9.07. The van der Waals surface area contributed by atoms with Crippen LogP contribution in [0.1, 0.15) is 0 Å². The molecule has 1 saturated heterocycles. The number of carbonyl (C=O) groups excluding carboxylic acids is 1. The highest BCUT2D eigenvalue weighted by Gasteiger charge is 2.23. The van der Waals surface area contributed by atoms with Gasteiger partial charge in [-0.05, 0) is 36.4 Å². The molecule has 2 aromatic carbocycles. The van der Waals surface area contributed by atoms with Gasteiger partial charge >= 0.3 is 0 Å². The highest BCUT2D eigenvalue weighted by atomic mass is 35.5. The second-order valence-electron chi connectivity index (χ2n) is 6.55. The van der Waals surface area contributed by atoms with E-state index in [1.807, 2.05) is 41.3 Å². The summed E-state index contributed by atoms with van der Waals surface area (Å²) < 4.78 is 5.77. The van der Waals surface area contributed by atoms with Crippen LogP contribution in [0.15, 0.2) is 54.7 Å². The van der Waals surface area contributed by atoms with Gasteiger partial charge in [0.2, 0.25) is 0 Å². The van der Waals surface area contributed by atoms with Crippen molar-refractivity contribution in [3.05, 3.63) is 64.8 Å². The summed E-state index contributed by atoms with van der Waals surface area (Å²) >= 11 is 12.5. The summed E-state index contributed by atoms with van der Waals surface area (Å²) in [5.41, 5.74) is 1.66. The summed E-state index contributed by atoms with van der Waals surface area (Å²) in [7, 11) is 0. The first-order chi connectivity index (χ1) is 13.6. The minimum Gasteiger partial charge on any atom is -0.481 e. The summed E-state index contributed by atoms with van der Waals surface area (Å²) in [6, 6.07) is 15.0. The lowest BCUT2D eigenvalue weighted by atomic mass is 10.2. The number of rotatable bonds is 4. The van der Waals surface area contributed by atoms with Crippen LogP contribution in [0.5, 0.6) is 5.75 Å². The number of anilines is 1. The van der Waals surface area contributed by atoms with Gasteiger partial charge in [-0.15, -0.1) is 0 Å². The summed E-state index contributed by atoms with van der Waals surface area (Å²) in [4.78, 5) is 20.9. The Bertz CT molecular complexity index is 1000. The smallest absolute Gasteiger partial charge is 0.260 e. The van der Waals surface area contributed by atoms with Crippen molar-refractivity contribution < 1.29 is 9.53 Å². The lowest BCUT2D eigenvalue weighted by molar-refractivity contribution is -0.133. The Morgan fingerprint density at radius 2 is 1.75 bits per heavy atom. The Labute approximate surface area is 173 Å². The van der Waals surface area contributed by atoms with Crippen molar-refractivity contribution in [3.8, 4) is 5.75 Å². The Morgan fingerprint density at radius 3 is 2.54 bits per heavy atom. The second kappa shape index (κ2) is 8.25. The van der Waals surface area contributed by atoms with Gasteiger partial charge in [0.25, 0.3) is 5.91 Å². The number of ether oxygens (including phenoxy) is 1. The van der Waals surface area contributed by atoms with E-state index in [2.05, 4.69) is 9.88 Å². The molecular formula is C21H19Cl2N3O2. The van der Waals surface area contributed by atoms with Gasteiger partial charge < -0.3 is 14.5 Å². The highest BCUT2D eigenvalue weighted by molar-refractivity contribution is 6.35. The van der Waals surface area contributed by atoms with E-state index in [1.165, 1.54) is 0 Å². The fourth-order valence-corrected chi connectivity index (χ4v) is 3.83. The molecule has 28 heavy (non-hydrogen) atoms. The number of aromatic nitrogens is 1. The van der Waals surface area contributed by atoms with Crippen LogP contribution < -0.4 is 9.64 Å². The van der Waals surface area contributed by atoms with E-state index in [-0.39, 0.29) is 12.5 Å². The van der Waals surface area contributed by atoms with Crippen molar-refractivity contribution in [1.82, 2.24) is 9.88 Å². The normalized spacial score (nSPS) is 14.4. The maximum absolute atomic E-state index is 12.6. The molecule has 1 amide bonds. The molecule has 1 aliphatic heterocycles. The number of amides is 1. The predicted molar refractivity (Wildman–Crippen MR) is 112 cm³/mol. The zero-order chi connectivity index (χ0) is 19.5. The van der Waals surface area contributed by atoms with Crippen molar-refractivity contribution in [2.24, 2.45) is 0 Å². The summed E-state index contributed by atoms with van der Waals surface area (Å²) in [5, 5.41) is 2.15. The van der Waals surface area contributed by atoms with Crippen molar-refractivity contribution in [2.45, 2.75) is 0 Å². The highest BCUT2D eigenvalue weighted by Crippen LogP contribution is 2.30. The minimum atomic E-state index is -0.0437. The molecule has 0 unspecified atom stereocenters. The van der Waals surface area contributed by atoms with E-state index < -0.39 is 0 Å². The van der Waals surface area contributed by atoms with Crippen LogP contribution in [0.2, 0.25) is 10.0 Å². The van der Waals surface area contributed by atoms with Crippen molar-refractivity contribution in [1.29, 1.82) is 0 Å². The third kappa shape index (κ3) is 3.86. The van der Waals surface area contributed by atoms with E-state index in [1.54, 1.807) is 18.3 Å². The van der Waals surface area contributed by atoms with E-state index in [4.69, 9.17) is 27.9 Å². The van der Waals surface area contributed by atoms with E-state index in [0.717, 1.165) is 29.2 Å². The molecule has 1 fully saturated rings. The van der Waals surface area contributed by atoms with E-state index >= 15 is 0 Å². The number of hydrogen-bond acceptors (Lipinski definition) is 4. The Hall–Kier alpha value is -2.50. The van der Waals surface area contributed by atoms with Gasteiger partial charge in [0.1, 0.15) is 11.3 Å². The van der Waals surface area contributed by atoms with E-state index in [0.29, 0.717) is 29.4 Å². The third-order valence-corrected chi connectivity index (χ3v) is 5.51. The molecule has 2 heterocycles. The molecule has 1 aromatic heterocycles. The van der Waals surface area contributed by atoms with Crippen molar-refractivity contribution in [2.75, 3.05) is 37.7 Å². The van der Waals surface area contributed by atoms with Crippen LogP contribution >= 0.6 is 23.2 Å². The number of nitrogens with zero attached hydrogens (tertiary/aromatic N) is 3. The molecule has 0 N–H and O–H groups in total. The number of piperazine rings is 1. The maximum atomic E-state index is 12.6. The van der Waals surface area contributed by atoms with Gasteiger partial charge in [-0.1, -0.05) is 35.3 Å². The van der Waals surface area contributed by atoms with Gasteiger partial charge in [-0.2, -0.15) is 0 Å². The maximum Gasteiger partial charge on any atom is 0.260 e. The topological polar surface area (TPSA) is 45.7 Å². The lowest BCUT2D eigenvalue weighted by Crippen LogP contribution is -2.50. The first-order valence-corrected chi connectivity index (χ1v) is 9.82. The van der Waals surface area contributed by atoms with Crippen LogP contribution in [-0.4, -0.2) is 48.6 Å². The number of carbonyl (C=O) groups is 1. The van der Waals surface area contributed by atoms with Crippen LogP contribution in [0.25, 0.3) is 10.9 Å². The molecule has 5 nitrogen and oxygen atoms in total. The zero-order valence-corrected chi connectivity index (χ0v) is 16.7. The molecule has 0 aliphatic carbocycles. The molecule has 3 aromatic rings. The zero-order valence-electron chi connectivity index (χ0n) is 15.1. The molecule has 7 heteroatoms. The van der Waals surface area contributed by atoms with Gasteiger partial charge in [-0.3, -0.25) is 9.78 Å². The number of benzene rings is 2. The predicted octanol–water partition coefficient (Wildman–Crippen LogP) is 4.27. The number of hydrogen-bond donors (Lipinski definition) is 0. The second-order valence-corrected chi connectivity index (χ2v) is 7.37. The van der Waals surface area contributed by atoms with Crippen LogP contribution in [0, 0.1) is 0 Å². The molecule has 4 rings (SSSR count). The number of para-hydroxylation sites is 1. The average Bonchev–Trinajstić information content (AvgIpc) is 2.74. The average molecular weight is 416 g/mol.